The van der Waals surface area contributed by atoms with Gasteiger partial charge in [0.25, 0.3) is 11.8 Å². The van der Waals surface area contributed by atoms with Crippen molar-refractivity contribution in [3.63, 3.8) is 0 Å². The summed E-state index contributed by atoms with van der Waals surface area (Å²) >= 11 is 0. The molecule has 2 N–H and O–H groups in total. The Morgan fingerprint density at radius 1 is 1.05 bits per heavy atom. The third-order valence-electron chi connectivity index (χ3n) is 7.00. The Balaban J connectivity index is 1.47. The summed E-state index contributed by atoms with van der Waals surface area (Å²) in [5, 5.41) is 0. The Kier molecular flexibility index (Phi) is 6.80. The number of hydrogen-bond acceptors (Lipinski definition) is 6. The maximum atomic E-state index is 13.9. The van der Waals surface area contributed by atoms with E-state index >= 15 is 0 Å². The van der Waals surface area contributed by atoms with Crippen molar-refractivity contribution >= 4 is 17.8 Å². The number of rotatable bonds is 6. The molecule has 3 heterocycles. The zero-order valence-corrected chi connectivity index (χ0v) is 21.7. The molecule has 208 valence electrons. The topological polar surface area (TPSA) is 105 Å². The minimum absolute atomic E-state index is 0.00867. The number of aromatic nitrogens is 2. The summed E-state index contributed by atoms with van der Waals surface area (Å²) in [4.78, 5) is 42.4. The fraction of sp³-hybridized carbons (Fsp3) is 0.321. The second kappa shape index (κ2) is 10.00. The highest BCUT2D eigenvalue weighted by Gasteiger charge is 2.49. The molecule has 0 saturated carbocycles. The number of aliphatic imine (C=N–C) groups is 1. The van der Waals surface area contributed by atoms with E-state index in [0.29, 0.717) is 17.0 Å². The first kappa shape index (κ1) is 27.2. The lowest BCUT2D eigenvalue weighted by atomic mass is 9.82. The monoisotopic (exact) mass is 554 g/mol. The van der Waals surface area contributed by atoms with Gasteiger partial charge in [-0.05, 0) is 47.7 Å². The number of nitrogens with zero attached hydrogens (tertiary/aromatic N) is 5. The molecule has 2 amide bonds. The number of amides is 2. The van der Waals surface area contributed by atoms with E-state index in [9.17, 15) is 27.2 Å². The number of hydrogen-bond donors (Lipinski definition) is 1. The molecule has 0 unspecified atom stereocenters. The molecule has 0 aliphatic carbocycles. The molecule has 5 rings (SSSR count). The molecule has 12 heteroatoms. The van der Waals surface area contributed by atoms with Gasteiger partial charge in [0.15, 0.2) is 11.5 Å². The molecule has 2 aliphatic rings. The molecule has 2 aromatic carbocycles. The molecular weight excluding hydrogens is 528 g/mol. The molecule has 0 bridgehead atoms. The van der Waals surface area contributed by atoms with Crippen LogP contribution in [0.25, 0.3) is 0 Å². The Hall–Kier alpha value is -4.35. The third kappa shape index (κ3) is 4.89. The van der Waals surface area contributed by atoms with Crippen LogP contribution in [0.1, 0.15) is 58.7 Å². The van der Waals surface area contributed by atoms with E-state index < -0.39 is 40.5 Å². The van der Waals surface area contributed by atoms with Crippen LogP contribution in [0.3, 0.4) is 0 Å². The number of halogens is 4. The van der Waals surface area contributed by atoms with Gasteiger partial charge in [-0.3, -0.25) is 24.5 Å². The van der Waals surface area contributed by atoms with Gasteiger partial charge < -0.3 is 10.6 Å². The highest BCUT2D eigenvalue weighted by Crippen LogP contribution is 2.40. The number of nitrogens with two attached hydrogens (primary N) is 1. The molecule has 40 heavy (non-hydrogen) atoms. The second-order valence-corrected chi connectivity index (χ2v) is 10.3. The lowest BCUT2D eigenvalue weighted by molar-refractivity contribution is -0.138. The van der Waals surface area contributed by atoms with Crippen LogP contribution in [0.2, 0.25) is 0 Å². The van der Waals surface area contributed by atoms with E-state index in [0.717, 1.165) is 12.1 Å². The van der Waals surface area contributed by atoms with Gasteiger partial charge in [-0.15, -0.1) is 0 Å². The molecular formula is C28H26F4N6O2. The predicted octanol–water partition coefficient (Wildman–Crippen LogP) is 4.39. The van der Waals surface area contributed by atoms with Gasteiger partial charge in [0, 0.05) is 12.4 Å². The smallest absolute Gasteiger partial charge is 0.369 e. The molecule has 1 aromatic heterocycles. The van der Waals surface area contributed by atoms with Crippen molar-refractivity contribution in [1.29, 1.82) is 0 Å². The third-order valence-corrected chi connectivity index (χ3v) is 7.00. The van der Waals surface area contributed by atoms with Gasteiger partial charge in [-0.2, -0.15) is 13.2 Å². The Labute approximate surface area is 227 Å². The highest BCUT2D eigenvalue weighted by atomic mass is 19.4. The predicted molar refractivity (Wildman–Crippen MR) is 137 cm³/mol. The van der Waals surface area contributed by atoms with Crippen LogP contribution < -0.4 is 5.73 Å². The molecule has 0 spiro atoms. The normalized spacial score (nSPS) is 18.9. The fourth-order valence-corrected chi connectivity index (χ4v) is 5.23. The van der Waals surface area contributed by atoms with Gasteiger partial charge >= 0.3 is 6.18 Å². The quantitative estimate of drug-likeness (QED) is 0.455. The first-order valence-corrected chi connectivity index (χ1v) is 12.6. The first-order valence-electron chi connectivity index (χ1n) is 12.6. The van der Waals surface area contributed by atoms with Crippen molar-refractivity contribution in [3.8, 4) is 0 Å². The Morgan fingerprint density at radius 2 is 1.68 bits per heavy atom. The van der Waals surface area contributed by atoms with Crippen LogP contribution in [0.15, 0.2) is 59.9 Å². The van der Waals surface area contributed by atoms with Crippen molar-refractivity contribution in [2.45, 2.75) is 51.6 Å². The molecule has 0 radical (unpaired) electrons. The fourth-order valence-electron chi connectivity index (χ4n) is 5.23. The minimum atomic E-state index is -4.79. The number of carbonyl (C=O) groups excluding carboxylic acids is 2. The van der Waals surface area contributed by atoms with Crippen molar-refractivity contribution in [2.24, 2.45) is 16.6 Å². The van der Waals surface area contributed by atoms with Crippen LogP contribution in [0.4, 0.5) is 17.6 Å². The van der Waals surface area contributed by atoms with Crippen LogP contribution in [-0.2, 0) is 36.1 Å². The molecule has 8 nitrogen and oxygen atoms in total. The maximum Gasteiger partial charge on any atom is 0.417 e. The largest absolute Gasteiger partial charge is 0.417 e. The molecule has 1 atom stereocenters. The number of carbonyl (C=O) groups is 2. The summed E-state index contributed by atoms with van der Waals surface area (Å²) in [5.74, 6) is -1.89. The Bertz CT molecular complexity index is 1480. The maximum absolute atomic E-state index is 13.9. The summed E-state index contributed by atoms with van der Waals surface area (Å²) in [6, 6.07) is 8.59. The van der Waals surface area contributed by atoms with Gasteiger partial charge in [0.2, 0.25) is 0 Å². The average Bonchev–Trinajstić information content (AvgIpc) is 3.43. The highest BCUT2D eigenvalue weighted by molar-refractivity contribution is 6.07. The zero-order valence-electron chi connectivity index (χ0n) is 21.7. The van der Waals surface area contributed by atoms with Gasteiger partial charge in [-0.1, -0.05) is 32.0 Å². The average molecular weight is 555 g/mol. The number of guanidine groups is 1. The van der Waals surface area contributed by atoms with Crippen LogP contribution in [0.5, 0.6) is 0 Å². The second-order valence-electron chi connectivity index (χ2n) is 10.3. The van der Waals surface area contributed by atoms with Gasteiger partial charge in [-0.25, -0.2) is 9.38 Å². The number of benzene rings is 2. The summed E-state index contributed by atoms with van der Waals surface area (Å²) in [6.07, 6.45) is -1.59. The summed E-state index contributed by atoms with van der Waals surface area (Å²) in [7, 11) is 0. The van der Waals surface area contributed by atoms with E-state index in [1.165, 1.54) is 52.5 Å². The number of fused-ring (bicyclic) bond motifs is 1. The van der Waals surface area contributed by atoms with Crippen molar-refractivity contribution in [3.05, 3.63) is 94.3 Å². The lowest BCUT2D eigenvalue weighted by Crippen LogP contribution is -2.43. The van der Waals surface area contributed by atoms with Crippen LogP contribution >= 0.6 is 0 Å². The molecule has 0 fully saturated rings. The van der Waals surface area contributed by atoms with E-state index in [4.69, 9.17) is 5.73 Å². The lowest BCUT2D eigenvalue weighted by Gasteiger charge is -2.28. The Morgan fingerprint density at radius 3 is 2.25 bits per heavy atom. The van der Waals surface area contributed by atoms with Crippen molar-refractivity contribution < 1.29 is 27.2 Å². The van der Waals surface area contributed by atoms with E-state index in [1.807, 2.05) is 13.8 Å². The summed E-state index contributed by atoms with van der Waals surface area (Å²) < 4.78 is 55.4. The van der Waals surface area contributed by atoms with Crippen LogP contribution in [-0.4, -0.2) is 37.5 Å². The SMILES string of the molecule is CC(C)C[C@@]1(c2ccc(F)cc2)N=C(N)N(Cc2ccc(C(F)(F)F)c(C(=O)N3Cc4nccnc4C3)c2)C1=O. The van der Waals surface area contributed by atoms with Crippen LogP contribution in [0, 0.1) is 11.7 Å². The molecule has 3 aromatic rings. The molecule has 2 aliphatic heterocycles. The van der Waals surface area contributed by atoms with Crippen molar-refractivity contribution in [1.82, 2.24) is 19.8 Å². The first-order chi connectivity index (χ1) is 18.9. The van der Waals surface area contributed by atoms with Gasteiger partial charge in [0.1, 0.15) is 5.82 Å². The van der Waals surface area contributed by atoms with Gasteiger partial charge in [0.05, 0.1) is 42.1 Å². The summed E-state index contributed by atoms with van der Waals surface area (Å²) in [6.45, 7) is 3.66. The van der Waals surface area contributed by atoms with E-state index in [1.54, 1.807) is 0 Å². The zero-order chi connectivity index (χ0) is 28.8. The number of alkyl halides is 3. The minimum Gasteiger partial charge on any atom is -0.369 e. The summed E-state index contributed by atoms with van der Waals surface area (Å²) in [5.41, 5.74) is 4.91. The standard InChI is InChI=1S/C28H26F4N6O2/c1-16(2)12-27(18-4-6-19(29)7-5-18)25(40)38(26(33)36-27)13-17-3-8-21(28(30,31)32)20(11-17)24(39)37-14-22-23(15-37)35-10-9-34-22/h3-11,16H,12-15H2,1-2H3,(H2,33,36)/t27-/m0/s1. The molecule has 0 saturated heterocycles. The van der Waals surface area contributed by atoms with E-state index in [-0.39, 0.29) is 43.5 Å². The van der Waals surface area contributed by atoms with Crippen molar-refractivity contribution in [2.75, 3.05) is 0 Å². The van der Waals surface area contributed by atoms with E-state index in [2.05, 4.69) is 15.0 Å².